The molecule has 0 radical (unpaired) electrons. The van der Waals surface area contributed by atoms with Crippen LogP contribution in [0.25, 0.3) is 0 Å². The summed E-state index contributed by atoms with van der Waals surface area (Å²) in [5, 5.41) is 5.47. The summed E-state index contributed by atoms with van der Waals surface area (Å²) in [5.74, 6) is 0. The van der Waals surface area contributed by atoms with Crippen LogP contribution in [0.5, 0.6) is 0 Å². The van der Waals surface area contributed by atoms with Crippen LogP contribution >= 0.6 is 11.6 Å². The van der Waals surface area contributed by atoms with Gasteiger partial charge in [0.2, 0.25) is 0 Å². The number of rotatable bonds is 4. The van der Waals surface area contributed by atoms with E-state index in [1.54, 1.807) is 0 Å². The summed E-state index contributed by atoms with van der Waals surface area (Å²) < 4.78 is 2.14. The first-order valence-corrected chi connectivity index (χ1v) is 8.15. The van der Waals surface area contributed by atoms with Gasteiger partial charge in [-0.25, -0.2) is 0 Å². The van der Waals surface area contributed by atoms with Gasteiger partial charge in [0.25, 0.3) is 0 Å². The topological polar surface area (TPSA) is 43.8 Å². The monoisotopic (exact) mass is 303 g/mol. The second kappa shape index (κ2) is 6.63. The Hall–Kier alpha value is -1.32. The molecule has 0 spiro atoms. The lowest BCUT2D eigenvalue weighted by atomic mass is 9.96. The summed E-state index contributed by atoms with van der Waals surface area (Å²) in [6.07, 6.45) is 9.40. The van der Waals surface area contributed by atoms with Gasteiger partial charge in [0.15, 0.2) is 0 Å². The molecule has 1 aromatic heterocycles. The minimum absolute atomic E-state index is 0.0306. The molecule has 0 amide bonds. The Morgan fingerprint density at radius 2 is 1.86 bits per heavy atom. The largest absolute Gasteiger partial charge is 0.324 e. The molecule has 1 aliphatic rings. The molecule has 1 atom stereocenters. The van der Waals surface area contributed by atoms with Gasteiger partial charge in [-0.1, -0.05) is 43.0 Å². The normalized spacial score (nSPS) is 17.8. The number of hydrogen-bond acceptors (Lipinski definition) is 2. The summed E-state index contributed by atoms with van der Waals surface area (Å²) in [5.41, 5.74) is 8.45. The van der Waals surface area contributed by atoms with Crippen molar-refractivity contribution in [3.63, 3.8) is 0 Å². The Bertz CT molecular complexity index is 570. The van der Waals surface area contributed by atoms with Crippen molar-refractivity contribution >= 4 is 11.6 Å². The fourth-order valence-electron chi connectivity index (χ4n) is 3.09. The Labute approximate surface area is 131 Å². The molecule has 2 N–H and O–H groups in total. The predicted octanol–water partition coefficient (Wildman–Crippen LogP) is 4.28. The lowest BCUT2D eigenvalue weighted by molar-refractivity contribution is 0.328. The molecule has 1 fully saturated rings. The van der Waals surface area contributed by atoms with E-state index in [-0.39, 0.29) is 6.04 Å². The molecule has 112 valence electrons. The molecule has 0 aliphatic heterocycles. The maximum atomic E-state index is 6.27. The highest BCUT2D eigenvalue weighted by atomic mass is 35.5. The van der Waals surface area contributed by atoms with Gasteiger partial charge in [-0.15, -0.1) is 0 Å². The van der Waals surface area contributed by atoms with E-state index in [0.29, 0.717) is 6.04 Å². The minimum atomic E-state index is -0.0306. The van der Waals surface area contributed by atoms with Crippen LogP contribution in [0.15, 0.2) is 36.5 Å². The molecule has 21 heavy (non-hydrogen) atoms. The molecule has 1 aliphatic carbocycles. The maximum absolute atomic E-state index is 6.27. The highest BCUT2D eigenvalue weighted by Crippen LogP contribution is 2.27. The van der Waals surface area contributed by atoms with Crippen molar-refractivity contribution in [1.82, 2.24) is 9.78 Å². The zero-order valence-corrected chi connectivity index (χ0v) is 13.0. The number of benzene rings is 1. The Morgan fingerprint density at radius 3 is 2.57 bits per heavy atom. The van der Waals surface area contributed by atoms with E-state index in [1.807, 2.05) is 24.3 Å². The van der Waals surface area contributed by atoms with Crippen molar-refractivity contribution in [2.75, 3.05) is 0 Å². The van der Waals surface area contributed by atoms with Crippen LogP contribution in [-0.4, -0.2) is 9.78 Å². The Balaban J connectivity index is 1.64. The van der Waals surface area contributed by atoms with E-state index in [2.05, 4.69) is 16.9 Å². The van der Waals surface area contributed by atoms with Crippen LogP contribution in [0.2, 0.25) is 5.02 Å². The summed E-state index contributed by atoms with van der Waals surface area (Å²) in [6, 6.07) is 10.4. The SMILES string of the molecule is NC(Cc1ccn(C2CCCCC2)n1)c1ccc(Cl)cc1. The third-order valence-electron chi connectivity index (χ3n) is 4.34. The lowest BCUT2D eigenvalue weighted by Gasteiger charge is -2.21. The molecular formula is C17H22ClN3. The Kier molecular flexibility index (Phi) is 4.61. The highest BCUT2D eigenvalue weighted by molar-refractivity contribution is 6.30. The summed E-state index contributed by atoms with van der Waals surface area (Å²) in [7, 11) is 0. The fourth-order valence-corrected chi connectivity index (χ4v) is 3.21. The summed E-state index contributed by atoms with van der Waals surface area (Å²) >= 11 is 5.91. The van der Waals surface area contributed by atoms with Gasteiger partial charge in [-0.2, -0.15) is 5.10 Å². The third-order valence-corrected chi connectivity index (χ3v) is 4.59. The van der Waals surface area contributed by atoms with Crippen molar-refractivity contribution in [3.05, 3.63) is 52.8 Å². The molecule has 1 aromatic carbocycles. The van der Waals surface area contributed by atoms with Crippen molar-refractivity contribution in [3.8, 4) is 0 Å². The van der Waals surface area contributed by atoms with E-state index in [9.17, 15) is 0 Å². The van der Waals surface area contributed by atoms with Crippen molar-refractivity contribution in [2.45, 2.75) is 50.6 Å². The molecular weight excluding hydrogens is 282 g/mol. The smallest absolute Gasteiger partial charge is 0.0643 e. The van der Waals surface area contributed by atoms with Crippen LogP contribution < -0.4 is 5.73 Å². The number of nitrogens with two attached hydrogens (primary N) is 1. The molecule has 2 aromatic rings. The van der Waals surface area contributed by atoms with Gasteiger partial charge in [0.05, 0.1) is 11.7 Å². The van der Waals surface area contributed by atoms with E-state index in [1.165, 1.54) is 32.1 Å². The average molecular weight is 304 g/mol. The van der Waals surface area contributed by atoms with Gasteiger partial charge in [-0.3, -0.25) is 4.68 Å². The number of hydrogen-bond donors (Lipinski definition) is 1. The third kappa shape index (κ3) is 3.66. The molecule has 3 nitrogen and oxygen atoms in total. The Morgan fingerprint density at radius 1 is 1.14 bits per heavy atom. The number of halogens is 1. The fraction of sp³-hybridized carbons (Fsp3) is 0.471. The summed E-state index contributed by atoms with van der Waals surface area (Å²) in [4.78, 5) is 0. The van der Waals surface area contributed by atoms with E-state index in [0.717, 1.165) is 22.7 Å². The predicted molar refractivity (Wildman–Crippen MR) is 86.4 cm³/mol. The van der Waals surface area contributed by atoms with Crippen molar-refractivity contribution < 1.29 is 0 Å². The van der Waals surface area contributed by atoms with Gasteiger partial charge < -0.3 is 5.73 Å². The van der Waals surface area contributed by atoms with Crippen LogP contribution in [0.4, 0.5) is 0 Å². The van der Waals surface area contributed by atoms with Gasteiger partial charge in [-0.05, 0) is 36.6 Å². The van der Waals surface area contributed by atoms with E-state index < -0.39 is 0 Å². The van der Waals surface area contributed by atoms with Crippen molar-refractivity contribution in [1.29, 1.82) is 0 Å². The molecule has 3 rings (SSSR count). The average Bonchev–Trinajstić information content (AvgIpc) is 2.97. The van der Waals surface area contributed by atoms with E-state index >= 15 is 0 Å². The van der Waals surface area contributed by atoms with E-state index in [4.69, 9.17) is 22.4 Å². The minimum Gasteiger partial charge on any atom is -0.324 e. The van der Waals surface area contributed by atoms with Crippen LogP contribution in [0.3, 0.4) is 0 Å². The number of nitrogens with zero attached hydrogens (tertiary/aromatic N) is 2. The lowest BCUT2D eigenvalue weighted by Crippen LogP contribution is -2.16. The quantitative estimate of drug-likeness (QED) is 0.916. The van der Waals surface area contributed by atoms with Crippen LogP contribution in [0, 0.1) is 0 Å². The maximum Gasteiger partial charge on any atom is 0.0643 e. The first-order valence-electron chi connectivity index (χ1n) is 7.77. The standard InChI is InChI=1S/C17H22ClN3/c18-14-8-6-13(7-9-14)17(19)12-15-10-11-21(20-15)16-4-2-1-3-5-16/h6-11,16-17H,1-5,12,19H2. The molecule has 1 saturated carbocycles. The van der Waals surface area contributed by atoms with Crippen LogP contribution in [-0.2, 0) is 6.42 Å². The first kappa shape index (κ1) is 14.6. The zero-order valence-electron chi connectivity index (χ0n) is 12.2. The molecule has 1 unspecified atom stereocenters. The molecule has 1 heterocycles. The highest BCUT2D eigenvalue weighted by Gasteiger charge is 2.17. The van der Waals surface area contributed by atoms with Gasteiger partial charge in [0, 0.05) is 23.7 Å². The van der Waals surface area contributed by atoms with Crippen molar-refractivity contribution in [2.24, 2.45) is 5.73 Å². The second-order valence-corrected chi connectivity index (χ2v) is 6.38. The molecule has 0 saturated heterocycles. The summed E-state index contributed by atoms with van der Waals surface area (Å²) in [6.45, 7) is 0. The molecule has 4 heteroatoms. The molecule has 0 bridgehead atoms. The second-order valence-electron chi connectivity index (χ2n) is 5.94. The van der Waals surface area contributed by atoms with Gasteiger partial charge >= 0.3 is 0 Å². The van der Waals surface area contributed by atoms with Gasteiger partial charge in [0.1, 0.15) is 0 Å². The first-order chi connectivity index (χ1) is 10.2. The zero-order chi connectivity index (χ0) is 14.7. The van der Waals surface area contributed by atoms with Crippen LogP contribution in [0.1, 0.15) is 55.4 Å². The number of aromatic nitrogens is 2.